The molecule has 1 N–H and O–H groups in total. The van der Waals surface area contributed by atoms with Crippen molar-refractivity contribution in [1.29, 1.82) is 0 Å². The molecule has 0 saturated heterocycles. The average molecular weight is 545 g/mol. The Morgan fingerprint density at radius 3 is 2.45 bits per heavy atom. The molecule has 0 aromatic heterocycles. The van der Waals surface area contributed by atoms with Crippen molar-refractivity contribution >= 4 is 22.9 Å². The second-order valence-corrected chi connectivity index (χ2v) is 10.2. The topological polar surface area (TPSA) is 24.4 Å². The highest BCUT2D eigenvalue weighted by molar-refractivity contribution is 6.00. The van der Waals surface area contributed by atoms with Crippen LogP contribution < -0.4 is 5.32 Å². The molecule has 2 nitrogen and oxygen atoms in total. The SMILES string of the molecule is C\C=C/C(=C\C)C(/C)=N/Cc1ccc2c(c1)C/C1=C/c3ccccc3C3=C(\C=C/C=C\C=C/C=C\C=C\3)NC=C=C=C12. The number of aliphatic imine (C=N–C) groups is 1. The lowest BCUT2D eigenvalue weighted by Crippen LogP contribution is -2.05. The van der Waals surface area contributed by atoms with Gasteiger partial charge in [-0.1, -0.05) is 127 Å². The van der Waals surface area contributed by atoms with E-state index in [0.29, 0.717) is 6.54 Å². The van der Waals surface area contributed by atoms with Crippen molar-refractivity contribution in [3.63, 3.8) is 0 Å². The first kappa shape index (κ1) is 28.4. The van der Waals surface area contributed by atoms with Crippen LogP contribution in [0.1, 0.15) is 48.6 Å². The maximum atomic E-state index is 4.88. The van der Waals surface area contributed by atoms with Crippen molar-refractivity contribution in [2.45, 2.75) is 33.7 Å². The van der Waals surface area contributed by atoms with E-state index in [0.717, 1.165) is 40.1 Å². The lowest BCUT2D eigenvalue weighted by molar-refractivity contribution is 1.06. The minimum Gasteiger partial charge on any atom is -0.354 e. The molecule has 0 spiro atoms. The fraction of sp³-hybridized carbons (Fsp3) is 0.125. The number of nitrogens with zero attached hydrogens (tertiary/aromatic N) is 1. The van der Waals surface area contributed by atoms with E-state index < -0.39 is 0 Å². The number of benzene rings is 2. The molecule has 2 aromatic rings. The highest BCUT2D eigenvalue weighted by atomic mass is 14.8. The quantitative estimate of drug-likeness (QED) is 0.231. The molecule has 0 fully saturated rings. The summed E-state index contributed by atoms with van der Waals surface area (Å²) in [5.74, 6) is 0. The molecule has 0 atom stereocenters. The summed E-state index contributed by atoms with van der Waals surface area (Å²) in [5, 5.41) is 3.48. The third kappa shape index (κ3) is 6.77. The number of rotatable bonds is 4. The van der Waals surface area contributed by atoms with E-state index in [1.165, 1.54) is 27.8 Å². The minimum absolute atomic E-state index is 0.658. The molecule has 0 radical (unpaired) electrons. The first-order chi connectivity index (χ1) is 20.7. The molecule has 0 amide bonds. The standard InChI is InChI=1S/C40H36N2/c1-4-17-32(5-2)30(3)42-29-31-23-24-38-34(26-31)28-35-27-33-18-14-15-19-36(33)39-20-12-10-8-6-7-9-11-13-22-40(39)41-25-16-21-37(35)38/h4-15,17-20,22-27,41H,28-29H2,1-3H3/b7-6-,8-6?,9-7?,10-8-,11-9-,12-10?,13-11?,17-4-,20-12+,22-13-,32-5+,35-27-,37-25?,39-20?,40-22?,40-39+,42-30+. The minimum atomic E-state index is 0.658. The summed E-state index contributed by atoms with van der Waals surface area (Å²) >= 11 is 0. The lowest BCUT2D eigenvalue weighted by atomic mass is 9.94. The van der Waals surface area contributed by atoms with Gasteiger partial charge in [0, 0.05) is 22.6 Å². The average Bonchev–Trinajstić information content (AvgIpc) is 3.33. The van der Waals surface area contributed by atoms with E-state index in [1.54, 1.807) is 0 Å². The molecule has 0 saturated carbocycles. The third-order valence-electron chi connectivity index (χ3n) is 7.39. The van der Waals surface area contributed by atoms with Gasteiger partial charge in [0.25, 0.3) is 0 Å². The molecule has 5 rings (SSSR count). The highest BCUT2D eigenvalue weighted by Gasteiger charge is 2.22. The van der Waals surface area contributed by atoms with Gasteiger partial charge < -0.3 is 5.32 Å². The number of fused-ring (bicyclic) bond motifs is 5. The maximum Gasteiger partial charge on any atom is 0.0643 e. The molecule has 0 unspecified atom stereocenters. The summed E-state index contributed by atoms with van der Waals surface area (Å²) in [5.41, 5.74) is 19.5. The normalized spacial score (nSPS) is 23.3. The van der Waals surface area contributed by atoms with Crippen LogP contribution in [-0.4, -0.2) is 5.71 Å². The van der Waals surface area contributed by atoms with Gasteiger partial charge in [0.1, 0.15) is 0 Å². The molecule has 1 heterocycles. The predicted octanol–water partition coefficient (Wildman–Crippen LogP) is 9.57. The van der Waals surface area contributed by atoms with Crippen LogP contribution in [0.25, 0.3) is 17.2 Å². The summed E-state index contributed by atoms with van der Waals surface area (Å²) in [6, 6.07) is 15.3. The van der Waals surface area contributed by atoms with Gasteiger partial charge >= 0.3 is 0 Å². The second-order valence-electron chi connectivity index (χ2n) is 10.2. The summed E-state index contributed by atoms with van der Waals surface area (Å²) < 4.78 is 0. The zero-order chi connectivity index (χ0) is 29.1. The first-order valence-electron chi connectivity index (χ1n) is 14.5. The van der Waals surface area contributed by atoms with Gasteiger partial charge in [-0.25, -0.2) is 0 Å². The fourth-order valence-electron chi connectivity index (χ4n) is 5.29. The molecule has 3 aliphatic rings. The smallest absolute Gasteiger partial charge is 0.0643 e. The van der Waals surface area contributed by atoms with Crippen molar-refractivity contribution in [2.75, 3.05) is 0 Å². The predicted molar refractivity (Wildman–Crippen MR) is 181 cm³/mol. The molecule has 0 bridgehead atoms. The van der Waals surface area contributed by atoms with Gasteiger partial charge in [0.15, 0.2) is 0 Å². The lowest BCUT2D eigenvalue weighted by Gasteiger charge is -2.13. The van der Waals surface area contributed by atoms with Gasteiger partial charge in [0.2, 0.25) is 0 Å². The van der Waals surface area contributed by atoms with E-state index in [4.69, 9.17) is 4.99 Å². The van der Waals surface area contributed by atoms with Gasteiger partial charge in [-0.15, -0.1) is 0 Å². The van der Waals surface area contributed by atoms with Crippen molar-refractivity contribution in [3.8, 4) is 0 Å². The zero-order valence-electron chi connectivity index (χ0n) is 24.6. The fourth-order valence-corrected chi connectivity index (χ4v) is 5.29. The molecule has 1 aliphatic heterocycles. The number of hydrogen-bond acceptors (Lipinski definition) is 2. The largest absolute Gasteiger partial charge is 0.354 e. The molecular weight excluding hydrogens is 508 g/mol. The van der Waals surface area contributed by atoms with Crippen LogP contribution >= 0.6 is 0 Å². The highest BCUT2D eigenvalue weighted by Crippen LogP contribution is 2.39. The van der Waals surface area contributed by atoms with E-state index in [2.05, 4.69) is 128 Å². The Bertz CT molecular complexity index is 1770. The Labute approximate surface area is 250 Å². The van der Waals surface area contributed by atoms with Crippen LogP contribution in [0, 0.1) is 0 Å². The molecule has 2 aliphatic carbocycles. The van der Waals surface area contributed by atoms with E-state index in [9.17, 15) is 0 Å². The van der Waals surface area contributed by atoms with Gasteiger partial charge in [0.05, 0.1) is 12.7 Å². The Morgan fingerprint density at radius 1 is 0.905 bits per heavy atom. The number of hydrogen-bond donors (Lipinski definition) is 1. The van der Waals surface area contributed by atoms with Crippen molar-refractivity contribution in [1.82, 2.24) is 5.32 Å². The van der Waals surface area contributed by atoms with Crippen LogP contribution in [-0.2, 0) is 13.0 Å². The van der Waals surface area contributed by atoms with E-state index in [1.807, 2.05) is 43.5 Å². The molecule has 2 aromatic carbocycles. The van der Waals surface area contributed by atoms with Gasteiger partial charge in [-0.3, -0.25) is 4.99 Å². The zero-order valence-corrected chi connectivity index (χ0v) is 24.6. The number of allylic oxidation sites excluding steroid dienone is 17. The summed E-state index contributed by atoms with van der Waals surface area (Å²) in [6.07, 6.45) is 31.9. The van der Waals surface area contributed by atoms with Crippen LogP contribution in [0.4, 0.5) is 0 Å². The Morgan fingerprint density at radius 2 is 1.67 bits per heavy atom. The second kappa shape index (κ2) is 14.0. The Kier molecular flexibility index (Phi) is 9.45. The first-order valence-corrected chi connectivity index (χ1v) is 14.5. The number of nitrogens with one attached hydrogen (secondary N) is 1. The van der Waals surface area contributed by atoms with Crippen LogP contribution in [0.3, 0.4) is 0 Å². The molecule has 42 heavy (non-hydrogen) atoms. The summed E-state index contributed by atoms with van der Waals surface area (Å²) in [7, 11) is 0. The Balaban J connectivity index is 1.57. The van der Waals surface area contributed by atoms with E-state index >= 15 is 0 Å². The van der Waals surface area contributed by atoms with Crippen LogP contribution in [0.15, 0.2) is 161 Å². The molecule has 206 valence electrons. The van der Waals surface area contributed by atoms with Crippen LogP contribution in [0.2, 0.25) is 0 Å². The van der Waals surface area contributed by atoms with Crippen molar-refractivity contribution < 1.29 is 0 Å². The van der Waals surface area contributed by atoms with Crippen molar-refractivity contribution in [3.05, 3.63) is 184 Å². The molecule has 2 heteroatoms. The van der Waals surface area contributed by atoms with E-state index in [-0.39, 0.29) is 0 Å². The van der Waals surface area contributed by atoms with Crippen LogP contribution in [0.5, 0.6) is 0 Å². The third-order valence-corrected chi connectivity index (χ3v) is 7.39. The Hall–Kier alpha value is -5.13. The monoisotopic (exact) mass is 544 g/mol. The van der Waals surface area contributed by atoms with Gasteiger partial charge in [-0.05, 0) is 78.3 Å². The van der Waals surface area contributed by atoms with Crippen molar-refractivity contribution in [2.24, 2.45) is 4.99 Å². The summed E-state index contributed by atoms with van der Waals surface area (Å²) in [4.78, 5) is 4.88. The molecular formula is C40H36N2. The summed E-state index contributed by atoms with van der Waals surface area (Å²) in [6.45, 7) is 6.83. The van der Waals surface area contributed by atoms with Gasteiger partial charge in [-0.2, -0.15) is 0 Å². The maximum absolute atomic E-state index is 4.88.